The van der Waals surface area contributed by atoms with Gasteiger partial charge in [-0.25, -0.2) is 0 Å². The van der Waals surface area contributed by atoms with E-state index in [4.69, 9.17) is 23.7 Å². The Hall–Kier alpha value is -1.51. The highest BCUT2D eigenvalue weighted by atomic mass is 32.2. The quantitative estimate of drug-likeness (QED) is 0.153. The minimum absolute atomic E-state index is 0.106. The third-order valence-corrected chi connectivity index (χ3v) is 12.1. The Balaban J connectivity index is 1.54. The van der Waals surface area contributed by atoms with E-state index in [2.05, 4.69) is 31.2 Å². The summed E-state index contributed by atoms with van der Waals surface area (Å²) in [5.74, 6) is 7.17. The number of ether oxygens (including phenoxy) is 5. The summed E-state index contributed by atoms with van der Waals surface area (Å²) in [6, 6.07) is 8.70. The van der Waals surface area contributed by atoms with Gasteiger partial charge in [-0.1, -0.05) is 64.7 Å². The fourth-order valence-electron chi connectivity index (χ4n) is 5.48. The second-order valence-electron chi connectivity index (χ2n) is 10.7. The van der Waals surface area contributed by atoms with Gasteiger partial charge in [0.1, 0.15) is 0 Å². The number of unbranched alkanes of at least 4 members (excludes halogenated alkanes) is 9. The summed E-state index contributed by atoms with van der Waals surface area (Å²) in [4.78, 5) is 0. The monoisotopic (exact) mass is 620 g/mol. The first-order chi connectivity index (χ1) is 20.2. The highest BCUT2D eigenvalue weighted by Crippen LogP contribution is 2.53. The molecular formula is C33H48O5S3. The van der Waals surface area contributed by atoms with E-state index in [0.717, 1.165) is 22.8 Å². The van der Waals surface area contributed by atoms with Crippen LogP contribution in [0.2, 0.25) is 0 Å². The summed E-state index contributed by atoms with van der Waals surface area (Å²) in [6.07, 6.45) is 14.7. The number of hydrogen-bond donors (Lipinski definition) is 0. The lowest BCUT2D eigenvalue weighted by atomic mass is 9.98. The number of methoxy groups -OCH3 is 3. The van der Waals surface area contributed by atoms with E-state index in [1.165, 1.54) is 93.3 Å². The van der Waals surface area contributed by atoms with Crippen LogP contribution in [0.3, 0.4) is 0 Å². The van der Waals surface area contributed by atoms with Crippen LogP contribution in [0.1, 0.15) is 104 Å². The van der Waals surface area contributed by atoms with E-state index in [-0.39, 0.29) is 12.0 Å². The maximum Gasteiger partial charge on any atom is 0.231 e. The minimum atomic E-state index is 0.106. The van der Waals surface area contributed by atoms with Gasteiger partial charge in [0.25, 0.3) is 0 Å². The van der Waals surface area contributed by atoms with Crippen molar-refractivity contribution in [2.24, 2.45) is 0 Å². The Morgan fingerprint density at radius 1 is 0.780 bits per heavy atom. The van der Waals surface area contributed by atoms with Crippen molar-refractivity contribution in [3.8, 4) is 28.7 Å². The van der Waals surface area contributed by atoms with E-state index < -0.39 is 0 Å². The molecule has 1 unspecified atom stereocenters. The van der Waals surface area contributed by atoms with Crippen molar-refractivity contribution < 1.29 is 23.7 Å². The van der Waals surface area contributed by atoms with Crippen LogP contribution in [-0.4, -0.2) is 45.4 Å². The molecule has 8 heteroatoms. The first kappa shape index (κ1) is 32.4. The van der Waals surface area contributed by atoms with Crippen LogP contribution in [0.25, 0.3) is 0 Å². The Morgan fingerprint density at radius 3 is 1.95 bits per heavy atom. The zero-order valence-corrected chi connectivity index (χ0v) is 27.8. The van der Waals surface area contributed by atoms with Crippen LogP contribution < -0.4 is 23.7 Å². The molecular weight excluding hydrogens is 573 g/mol. The predicted octanol–water partition coefficient (Wildman–Crippen LogP) is 10.1. The molecule has 2 aromatic rings. The molecule has 0 aromatic heterocycles. The Morgan fingerprint density at radius 2 is 1.37 bits per heavy atom. The third kappa shape index (κ3) is 8.99. The Bertz CT molecular complexity index is 1050. The minimum Gasteiger partial charge on any atom is -0.493 e. The molecule has 41 heavy (non-hydrogen) atoms. The topological polar surface area (TPSA) is 46.2 Å². The molecule has 1 fully saturated rings. The lowest BCUT2D eigenvalue weighted by molar-refractivity contribution is 0.174. The van der Waals surface area contributed by atoms with E-state index in [1.807, 2.05) is 35.3 Å². The average Bonchev–Trinajstić information content (AvgIpc) is 3.48. The first-order valence-corrected chi connectivity index (χ1v) is 18.4. The van der Waals surface area contributed by atoms with Crippen molar-refractivity contribution in [2.75, 3.05) is 45.4 Å². The van der Waals surface area contributed by atoms with E-state index in [9.17, 15) is 0 Å². The fourth-order valence-corrected chi connectivity index (χ4v) is 9.76. The molecule has 228 valence electrons. The van der Waals surface area contributed by atoms with Gasteiger partial charge in [-0.15, -0.1) is 35.3 Å². The van der Waals surface area contributed by atoms with Gasteiger partial charge >= 0.3 is 0 Å². The molecule has 0 amide bonds. The molecule has 2 aromatic carbocycles. The van der Waals surface area contributed by atoms with Gasteiger partial charge in [-0.2, -0.15) is 0 Å². The lowest BCUT2D eigenvalue weighted by Crippen LogP contribution is -2.08. The fraction of sp³-hybridized carbons (Fsp3) is 0.636. The smallest absolute Gasteiger partial charge is 0.231 e. The van der Waals surface area contributed by atoms with Crippen molar-refractivity contribution in [3.63, 3.8) is 0 Å². The number of benzene rings is 2. The van der Waals surface area contributed by atoms with Crippen LogP contribution in [0, 0.1) is 0 Å². The Kier molecular flexibility index (Phi) is 13.9. The van der Waals surface area contributed by atoms with Gasteiger partial charge in [0.2, 0.25) is 12.5 Å². The number of thioether (sulfide) groups is 3. The molecule has 0 saturated carbocycles. The zero-order chi connectivity index (χ0) is 28.9. The van der Waals surface area contributed by atoms with Crippen LogP contribution in [0.4, 0.5) is 0 Å². The second kappa shape index (κ2) is 17.6. The van der Waals surface area contributed by atoms with E-state index >= 15 is 0 Å². The molecule has 0 radical (unpaired) electrons. The van der Waals surface area contributed by atoms with Crippen molar-refractivity contribution >= 4 is 35.3 Å². The number of fused-ring (bicyclic) bond motifs is 1. The van der Waals surface area contributed by atoms with Gasteiger partial charge in [-0.05, 0) is 71.1 Å². The second-order valence-corrected chi connectivity index (χ2v) is 14.6. The molecule has 2 aliphatic rings. The number of hydrogen-bond acceptors (Lipinski definition) is 8. The van der Waals surface area contributed by atoms with Gasteiger partial charge in [0.05, 0.1) is 31.2 Å². The molecule has 2 heterocycles. The summed E-state index contributed by atoms with van der Waals surface area (Å²) >= 11 is 6.10. The molecule has 0 N–H and O–H groups in total. The standard InChI is InChI=1S/C33H48O5S3/c1-5-6-7-8-9-10-11-12-13-14-16-39-32(24-19-29(34-2)31(36-4)30(20-24)35-3)25-21-27-28(38-23-37-27)22-26(25)33-40-17-15-18-41-33/h19-22,32-33H,5-18,23H2,1-4H3. The number of rotatable bonds is 18. The molecule has 5 nitrogen and oxygen atoms in total. The van der Waals surface area contributed by atoms with Crippen LogP contribution in [0.15, 0.2) is 24.3 Å². The van der Waals surface area contributed by atoms with E-state index in [0.29, 0.717) is 21.8 Å². The predicted molar refractivity (Wildman–Crippen MR) is 177 cm³/mol. The molecule has 1 atom stereocenters. The maximum atomic E-state index is 5.89. The zero-order valence-electron chi connectivity index (χ0n) is 25.3. The normalized spacial score (nSPS) is 15.6. The summed E-state index contributed by atoms with van der Waals surface area (Å²) in [6.45, 7) is 2.56. The van der Waals surface area contributed by atoms with E-state index in [1.54, 1.807) is 21.3 Å². The van der Waals surface area contributed by atoms with Crippen molar-refractivity contribution in [1.82, 2.24) is 0 Å². The van der Waals surface area contributed by atoms with Crippen molar-refractivity contribution in [1.29, 1.82) is 0 Å². The summed E-state index contributed by atoms with van der Waals surface area (Å²) in [5.41, 5.74) is 3.80. The van der Waals surface area contributed by atoms with Gasteiger partial charge in [0, 0.05) is 0 Å². The summed E-state index contributed by atoms with van der Waals surface area (Å²) in [5, 5.41) is 0.106. The van der Waals surface area contributed by atoms with Crippen molar-refractivity contribution in [3.05, 3.63) is 41.0 Å². The largest absolute Gasteiger partial charge is 0.493 e. The van der Waals surface area contributed by atoms with Crippen LogP contribution >= 0.6 is 35.3 Å². The average molecular weight is 621 g/mol. The van der Waals surface area contributed by atoms with Gasteiger partial charge in [0.15, 0.2) is 23.0 Å². The molecule has 2 aliphatic heterocycles. The lowest BCUT2D eigenvalue weighted by Gasteiger charge is -2.28. The highest BCUT2D eigenvalue weighted by molar-refractivity contribution is 8.16. The van der Waals surface area contributed by atoms with Gasteiger partial charge < -0.3 is 23.7 Å². The molecule has 1 saturated heterocycles. The molecule has 0 spiro atoms. The molecule has 4 rings (SSSR count). The van der Waals surface area contributed by atoms with Crippen molar-refractivity contribution in [2.45, 2.75) is 87.4 Å². The molecule has 0 bridgehead atoms. The third-order valence-electron chi connectivity index (χ3n) is 7.71. The SMILES string of the molecule is CCCCCCCCCCCCSC(c1cc(OC)c(OC)c(OC)c1)c1cc2c(cc1C1SCCCS1)OCO2. The first-order valence-electron chi connectivity index (χ1n) is 15.3. The van der Waals surface area contributed by atoms with Crippen LogP contribution in [-0.2, 0) is 0 Å². The molecule has 0 aliphatic carbocycles. The van der Waals surface area contributed by atoms with Gasteiger partial charge in [-0.3, -0.25) is 0 Å². The Labute approximate surface area is 260 Å². The maximum absolute atomic E-state index is 5.89. The summed E-state index contributed by atoms with van der Waals surface area (Å²) < 4.78 is 29.3. The highest BCUT2D eigenvalue weighted by Gasteiger charge is 2.30. The summed E-state index contributed by atoms with van der Waals surface area (Å²) in [7, 11) is 5.04. The van der Waals surface area contributed by atoms with Crippen LogP contribution in [0.5, 0.6) is 28.7 Å².